The molecule has 2 aromatic rings. The quantitative estimate of drug-likeness (QED) is 0.876. The fourth-order valence-corrected chi connectivity index (χ4v) is 1.86. The van der Waals surface area contributed by atoms with E-state index < -0.39 is 0 Å². The summed E-state index contributed by atoms with van der Waals surface area (Å²) >= 11 is 3.34. The summed E-state index contributed by atoms with van der Waals surface area (Å²) < 4.78 is 19.6. The van der Waals surface area contributed by atoms with E-state index in [1.165, 1.54) is 6.07 Å². The molecule has 0 unspecified atom stereocenters. The van der Waals surface area contributed by atoms with Crippen LogP contribution >= 0.6 is 15.9 Å². The van der Waals surface area contributed by atoms with Gasteiger partial charge >= 0.3 is 0 Å². The number of halogens is 2. The molecule has 0 amide bonds. The van der Waals surface area contributed by atoms with Gasteiger partial charge in [0.05, 0.1) is 17.5 Å². The molecule has 1 aromatic carbocycles. The van der Waals surface area contributed by atoms with Crippen LogP contribution in [-0.2, 0) is 0 Å². The zero-order valence-electron chi connectivity index (χ0n) is 7.60. The van der Waals surface area contributed by atoms with Crippen LogP contribution in [0.3, 0.4) is 0 Å². The summed E-state index contributed by atoms with van der Waals surface area (Å²) in [6, 6.07) is 3.09. The molecule has 2 nitrogen and oxygen atoms in total. The molecule has 1 aromatic heterocycles. The molecule has 1 heterocycles. The van der Waals surface area contributed by atoms with Crippen LogP contribution in [0.15, 0.2) is 22.8 Å². The molecule has 1 N–H and O–H groups in total. The van der Waals surface area contributed by atoms with Crippen LogP contribution in [0.25, 0.3) is 10.9 Å². The molecular formula is C10H9BrFNO. The molecule has 0 spiro atoms. The molecule has 4 heteroatoms. The van der Waals surface area contributed by atoms with E-state index in [0.29, 0.717) is 17.7 Å². The van der Waals surface area contributed by atoms with E-state index in [1.54, 1.807) is 12.3 Å². The van der Waals surface area contributed by atoms with Crippen molar-refractivity contribution in [3.8, 4) is 5.75 Å². The van der Waals surface area contributed by atoms with Crippen molar-refractivity contribution in [1.29, 1.82) is 0 Å². The summed E-state index contributed by atoms with van der Waals surface area (Å²) in [5, 5.41) is 0.501. The van der Waals surface area contributed by atoms with E-state index in [2.05, 4.69) is 20.9 Å². The first-order valence-corrected chi connectivity index (χ1v) is 5.11. The number of ether oxygens (including phenoxy) is 1. The lowest BCUT2D eigenvalue weighted by Crippen LogP contribution is -1.90. The van der Waals surface area contributed by atoms with E-state index in [1.807, 2.05) is 6.92 Å². The molecule has 0 radical (unpaired) electrons. The Morgan fingerprint density at radius 2 is 2.29 bits per heavy atom. The SMILES string of the molecule is CCOc1c[nH]c2c(Br)ccc(F)c12. The van der Waals surface area contributed by atoms with Gasteiger partial charge < -0.3 is 9.72 Å². The molecule has 0 fully saturated rings. The van der Waals surface area contributed by atoms with Crippen molar-refractivity contribution in [2.45, 2.75) is 6.92 Å². The van der Waals surface area contributed by atoms with Gasteiger partial charge in [-0.1, -0.05) is 0 Å². The highest BCUT2D eigenvalue weighted by Gasteiger charge is 2.11. The molecule has 0 saturated carbocycles. The fraction of sp³-hybridized carbons (Fsp3) is 0.200. The summed E-state index contributed by atoms with van der Waals surface area (Å²) in [5.41, 5.74) is 0.730. The van der Waals surface area contributed by atoms with Crippen molar-refractivity contribution in [1.82, 2.24) is 4.98 Å². The van der Waals surface area contributed by atoms with Crippen LogP contribution in [-0.4, -0.2) is 11.6 Å². The average molecular weight is 258 g/mol. The Morgan fingerprint density at radius 1 is 1.50 bits per heavy atom. The van der Waals surface area contributed by atoms with Crippen LogP contribution < -0.4 is 4.74 Å². The maximum absolute atomic E-state index is 13.5. The second-order valence-corrected chi connectivity index (χ2v) is 3.72. The zero-order chi connectivity index (χ0) is 10.1. The van der Waals surface area contributed by atoms with Crippen LogP contribution in [0, 0.1) is 5.82 Å². The van der Waals surface area contributed by atoms with Crippen LogP contribution in [0.5, 0.6) is 5.75 Å². The van der Waals surface area contributed by atoms with E-state index in [-0.39, 0.29) is 5.82 Å². The Morgan fingerprint density at radius 3 is 3.00 bits per heavy atom. The number of H-pyrrole nitrogens is 1. The van der Waals surface area contributed by atoms with Gasteiger partial charge in [-0.15, -0.1) is 0 Å². The molecule has 0 aliphatic carbocycles. The number of fused-ring (bicyclic) bond motifs is 1. The molecular weight excluding hydrogens is 249 g/mol. The van der Waals surface area contributed by atoms with Gasteiger partial charge in [0.2, 0.25) is 0 Å². The van der Waals surface area contributed by atoms with Crippen molar-refractivity contribution in [2.24, 2.45) is 0 Å². The molecule has 0 atom stereocenters. The third kappa shape index (κ3) is 1.39. The summed E-state index contributed by atoms with van der Waals surface area (Å²) in [6.45, 7) is 2.40. The lowest BCUT2D eigenvalue weighted by molar-refractivity contribution is 0.343. The number of nitrogens with one attached hydrogen (secondary N) is 1. The molecule has 14 heavy (non-hydrogen) atoms. The van der Waals surface area contributed by atoms with Gasteiger partial charge in [0.1, 0.15) is 11.6 Å². The van der Waals surface area contributed by atoms with Gasteiger partial charge in [-0.25, -0.2) is 4.39 Å². The first-order chi connectivity index (χ1) is 6.74. The lowest BCUT2D eigenvalue weighted by atomic mass is 10.2. The predicted octanol–water partition coefficient (Wildman–Crippen LogP) is 3.47. The second-order valence-electron chi connectivity index (χ2n) is 2.87. The predicted molar refractivity (Wildman–Crippen MR) is 57.1 cm³/mol. The minimum absolute atomic E-state index is 0.270. The topological polar surface area (TPSA) is 25.0 Å². The maximum Gasteiger partial charge on any atom is 0.147 e. The van der Waals surface area contributed by atoms with Crippen LogP contribution in [0.2, 0.25) is 0 Å². The van der Waals surface area contributed by atoms with E-state index in [4.69, 9.17) is 4.74 Å². The molecule has 0 bridgehead atoms. The average Bonchev–Trinajstić information content (AvgIpc) is 2.58. The Labute approximate surface area is 89.2 Å². The van der Waals surface area contributed by atoms with Gasteiger partial charge in [-0.2, -0.15) is 0 Å². The third-order valence-electron chi connectivity index (χ3n) is 2.00. The summed E-state index contributed by atoms with van der Waals surface area (Å²) in [7, 11) is 0. The fourth-order valence-electron chi connectivity index (χ4n) is 1.41. The summed E-state index contributed by atoms with van der Waals surface area (Å²) in [6.07, 6.45) is 1.67. The highest BCUT2D eigenvalue weighted by molar-refractivity contribution is 9.10. The number of hydrogen-bond acceptors (Lipinski definition) is 1. The Hall–Kier alpha value is -1.03. The van der Waals surface area contributed by atoms with Crippen LogP contribution in [0.1, 0.15) is 6.92 Å². The smallest absolute Gasteiger partial charge is 0.147 e. The molecule has 2 rings (SSSR count). The minimum Gasteiger partial charge on any atom is -0.492 e. The lowest BCUT2D eigenvalue weighted by Gasteiger charge is -2.01. The summed E-state index contributed by atoms with van der Waals surface area (Å²) in [5.74, 6) is 0.286. The van der Waals surface area contributed by atoms with E-state index in [0.717, 1.165) is 9.99 Å². The molecule has 0 aliphatic heterocycles. The monoisotopic (exact) mass is 257 g/mol. The number of aromatic amines is 1. The second kappa shape index (κ2) is 3.61. The Balaban J connectivity index is 2.70. The standard InChI is InChI=1S/C10H9BrFNO/c1-2-14-8-5-13-10-6(11)3-4-7(12)9(8)10/h3-5,13H,2H2,1H3. The number of hydrogen-bond donors (Lipinski definition) is 1. The van der Waals surface area contributed by atoms with Crippen molar-refractivity contribution in [3.05, 3.63) is 28.6 Å². The molecule has 0 saturated heterocycles. The normalized spacial score (nSPS) is 10.8. The molecule has 74 valence electrons. The zero-order valence-corrected chi connectivity index (χ0v) is 9.19. The van der Waals surface area contributed by atoms with Crippen molar-refractivity contribution < 1.29 is 9.13 Å². The highest BCUT2D eigenvalue weighted by Crippen LogP contribution is 2.32. The van der Waals surface area contributed by atoms with Crippen molar-refractivity contribution in [3.63, 3.8) is 0 Å². The van der Waals surface area contributed by atoms with Crippen molar-refractivity contribution >= 4 is 26.8 Å². The Kier molecular flexibility index (Phi) is 2.46. The van der Waals surface area contributed by atoms with Crippen LogP contribution in [0.4, 0.5) is 4.39 Å². The first-order valence-electron chi connectivity index (χ1n) is 4.32. The Bertz CT molecular complexity index is 466. The maximum atomic E-state index is 13.5. The summed E-state index contributed by atoms with van der Waals surface area (Å²) in [4.78, 5) is 2.97. The number of rotatable bonds is 2. The van der Waals surface area contributed by atoms with Gasteiger partial charge in [0.15, 0.2) is 0 Å². The largest absolute Gasteiger partial charge is 0.492 e. The van der Waals surface area contributed by atoms with Gasteiger partial charge in [-0.3, -0.25) is 0 Å². The number of aromatic nitrogens is 1. The van der Waals surface area contributed by atoms with E-state index >= 15 is 0 Å². The van der Waals surface area contributed by atoms with E-state index in [9.17, 15) is 4.39 Å². The third-order valence-corrected chi connectivity index (χ3v) is 2.66. The molecule has 0 aliphatic rings. The van der Waals surface area contributed by atoms with Gasteiger partial charge in [0.25, 0.3) is 0 Å². The van der Waals surface area contributed by atoms with Gasteiger partial charge in [-0.05, 0) is 35.0 Å². The number of benzene rings is 1. The highest BCUT2D eigenvalue weighted by atomic mass is 79.9. The van der Waals surface area contributed by atoms with Crippen molar-refractivity contribution in [2.75, 3.05) is 6.61 Å². The van der Waals surface area contributed by atoms with Gasteiger partial charge in [0, 0.05) is 10.7 Å². The minimum atomic E-state index is -0.270. The first kappa shape index (κ1) is 9.52.